The average molecular weight is 2330 g/mol. The van der Waals surface area contributed by atoms with Crippen molar-refractivity contribution in [2.24, 2.45) is 0 Å². The molecule has 0 bridgehead atoms. The molecule has 6 fully saturated rings. The number of halogens is 11. The van der Waals surface area contributed by atoms with Crippen LogP contribution in [0.5, 0.6) is 5.75 Å². The number of benzene rings is 6. The summed E-state index contributed by atoms with van der Waals surface area (Å²) in [4.78, 5) is 135. The molecule has 7 N–H and O–H groups in total. The third kappa shape index (κ3) is 34.9. The summed E-state index contributed by atoms with van der Waals surface area (Å²) < 4.78 is 57.4. The largest absolute Gasteiger partial charge is 0.435 e. The number of urea groups is 6. The average Bonchev–Trinajstić information content (AvgIpc) is 0.828. The number of amides is 13. The molecule has 6 aromatic heterocycles. The van der Waals surface area contributed by atoms with Crippen LogP contribution in [0.2, 0.25) is 25.1 Å². The molecule has 1 unspecified atom stereocenters. The zero-order chi connectivity index (χ0) is 106. The van der Waals surface area contributed by atoms with Crippen molar-refractivity contribution in [3.8, 4) is 5.75 Å². The normalized spacial score (nSPS) is 15.0. The second-order valence-electron chi connectivity index (χ2n) is 35.1. The SMILES string of the molecule is CC(C)NC(=O)c1ccc(NC(=O)N2CCN(c3ncccc3Cl)CC2)cc1.CC1CN(c2ncccc2Cl)CCN1C(=O)NCCc1ccc(Br)cc1.O=C(NCCc1ccccc1)N1CCN(c2ncccc2F)CC1.O=C(Nc1ccc(F)cc1)N1CCN(c2ncccc2Cl)CC1.O=C(Nc1ccc(I)cc1)N1CCN(c2ncccc2Cl)CC1.O=C(Nc1ccc(OC(F)F)cc1)N1CCN(c2ncccc2Cl)CC1. The van der Waals surface area contributed by atoms with E-state index in [0.29, 0.717) is 197 Å². The van der Waals surface area contributed by atoms with Crippen molar-refractivity contribution in [2.45, 2.75) is 52.3 Å². The third-order valence-electron chi connectivity index (χ3n) is 24.4. The maximum Gasteiger partial charge on any atom is 0.387 e. The van der Waals surface area contributed by atoms with Gasteiger partial charge in [0.1, 0.15) is 40.7 Å². The Morgan fingerprint density at radius 2 is 0.680 bits per heavy atom. The number of piperazine rings is 6. The predicted molar refractivity (Wildman–Crippen MR) is 596 cm³/mol. The fourth-order valence-electron chi connectivity index (χ4n) is 16.5. The monoisotopic (exact) mass is 2320 g/mol. The summed E-state index contributed by atoms with van der Waals surface area (Å²) in [6.45, 7) is 18.6. The Hall–Kier alpha value is -13.7. The topological polar surface area (TPSA) is 329 Å². The lowest BCUT2D eigenvalue weighted by molar-refractivity contribution is -0.0498. The van der Waals surface area contributed by atoms with E-state index < -0.39 is 6.61 Å². The van der Waals surface area contributed by atoms with Gasteiger partial charge in [-0.1, -0.05) is 116 Å². The van der Waals surface area contributed by atoms with Gasteiger partial charge in [0.25, 0.3) is 5.91 Å². The van der Waals surface area contributed by atoms with Crippen molar-refractivity contribution in [3.05, 3.63) is 323 Å². The Morgan fingerprint density at radius 3 is 1.03 bits per heavy atom. The maximum absolute atomic E-state index is 13.8. The molecule has 0 aliphatic carbocycles. The molecule has 0 spiro atoms. The van der Waals surface area contributed by atoms with Crippen LogP contribution in [-0.2, 0) is 12.8 Å². The van der Waals surface area contributed by atoms with Crippen LogP contribution in [0.3, 0.4) is 0 Å². The Labute approximate surface area is 915 Å². The van der Waals surface area contributed by atoms with Gasteiger partial charge in [0.2, 0.25) is 0 Å². The number of anilines is 10. The van der Waals surface area contributed by atoms with Crippen molar-refractivity contribution in [2.75, 3.05) is 214 Å². The van der Waals surface area contributed by atoms with Crippen LogP contribution in [-0.4, -0.2) is 284 Å². The summed E-state index contributed by atoms with van der Waals surface area (Å²) in [5, 5.41) is 23.2. The first-order valence-corrected chi connectivity index (χ1v) is 52.5. The number of nitrogens with one attached hydrogen (secondary N) is 7. The molecule has 0 radical (unpaired) electrons. The highest BCUT2D eigenvalue weighted by Gasteiger charge is 2.33. The minimum absolute atomic E-state index is 0.0126. The number of carbonyl (C=O) groups excluding carboxylic acids is 7. The minimum Gasteiger partial charge on any atom is -0.435 e. The fourth-order valence-corrected chi connectivity index (χ4v) is 18.3. The van der Waals surface area contributed by atoms with Crippen LogP contribution < -0.4 is 71.4 Å². The van der Waals surface area contributed by atoms with E-state index in [-0.39, 0.29) is 71.6 Å². The standard InChI is InChI=1S/C20H24ClN5O2.C19H22BrClN4O.C18H21FN4O.C17H17ClF2N4O2.C16H16ClFN4O.C16H16ClIN4O/c1-14(2)23-19(27)15-5-7-16(8-6-15)24-20(28)26-12-10-25(11-13-26)18-17(21)4-3-9-22-18;1-14-13-24(18-17(21)3-2-9-22-18)11-12-25(14)19(26)23-10-8-15-4-6-16(20)7-5-15;19-16-7-4-9-20-17(16)22-11-13-23(14-12-22)18(24)21-10-8-15-5-2-1-3-6-15;18-14-2-1-7-21-15(14)23-8-10-24(11-9-23)17(25)22-12-3-5-13(6-4-12)26-16(19)20;2*17-14-2-1-7-19-15(14)21-8-10-22(11-9-21)16(23)20-13-5-3-12(18)4-6-13/h3-9,14H,10-13H2,1-2H3,(H,23,27)(H,24,28);2-7,9,14H,8,10-13H2,1H3,(H,23,26);1-7,9H,8,10-14H2,(H,21,24);1-7,16H,8-11H2,(H,22,25);2*1-7H,8-11H2,(H,20,23). The highest BCUT2D eigenvalue weighted by molar-refractivity contribution is 14.1. The lowest BCUT2D eigenvalue weighted by Gasteiger charge is -2.40. The number of hydrogen-bond acceptors (Lipinski definition) is 20. The number of nitrogens with zero attached hydrogens (tertiary/aromatic N) is 18. The summed E-state index contributed by atoms with van der Waals surface area (Å²) in [5.41, 5.74) is 5.52. The summed E-state index contributed by atoms with van der Waals surface area (Å²) in [6, 6.07) is 64.8. The predicted octanol–water partition coefficient (Wildman–Crippen LogP) is 20.1. The first kappa shape index (κ1) is 113. The van der Waals surface area contributed by atoms with Crippen molar-refractivity contribution < 1.29 is 55.9 Å². The lowest BCUT2D eigenvalue weighted by Crippen LogP contribution is -2.57. The van der Waals surface area contributed by atoms with Crippen LogP contribution in [0.25, 0.3) is 0 Å². The molecule has 18 rings (SSSR count). The number of alkyl halides is 2. The van der Waals surface area contributed by atoms with Gasteiger partial charge in [-0.25, -0.2) is 67.5 Å². The molecule has 790 valence electrons. The molecule has 6 aliphatic rings. The maximum atomic E-state index is 13.8. The van der Waals surface area contributed by atoms with Crippen LogP contribution in [0.4, 0.5) is 104 Å². The molecule has 150 heavy (non-hydrogen) atoms. The van der Waals surface area contributed by atoms with Crippen LogP contribution in [0.1, 0.15) is 42.3 Å². The first-order chi connectivity index (χ1) is 72.5. The van der Waals surface area contributed by atoms with Gasteiger partial charge in [0, 0.05) is 249 Å². The highest BCUT2D eigenvalue weighted by Crippen LogP contribution is 2.32. The summed E-state index contributed by atoms with van der Waals surface area (Å²) in [7, 11) is 0. The van der Waals surface area contributed by atoms with Gasteiger partial charge in [-0.2, -0.15) is 8.78 Å². The highest BCUT2D eigenvalue weighted by atomic mass is 127. The molecule has 33 nitrogen and oxygen atoms in total. The molecular weight excluding hydrogens is 2210 g/mol. The van der Waals surface area contributed by atoms with E-state index in [1.54, 1.807) is 117 Å². The molecule has 0 saturated carbocycles. The van der Waals surface area contributed by atoms with Gasteiger partial charge in [-0.15, -0.1) is 0 Å². The summed E-state index contributed by atoms with van der Waals surface area (Å²) in [5.74, 6) is 3.40. The van der Waals surface area contributed by atoms with E-state index in [1.165, 1.54) is 65.7 Å². The van der Waals surface area contributed by atoms with Gasteiger partial charge in [0.15, 0.2) is 11.6 Å². The van der Waals surface area contributed by atoms with E-state index >= 15 is 0 Å². The summed E-state index contributed by atoms with van der Waals surface area (Å²) in [6.07, 6.45) is 11.8. The van der Waals surface area contributed by atoms with Crippen molar-refractivity contribution in [1.29, 1.82) is 0 Å². The quantitative estimate of drug-likeness (QED) is 0.0275. The van der Waals surface area contributed by atoms with Gasteiger partial charge in [-0.3, -0.25) is 4.79 Å². The number of ether oxygens (including phenoxy) is 1. The Bertz CT molecular complexity index is 6240. The van der Waals surface area contributed by atoms with Crippen molar-refractivity contribution in [1.82, 2.24) is 75.3 Å². The van der Waals surface area contributed by atoms with Crippen molar-refractivity contribution in [3.63, 3.8) is 0 Å². The number of hydrogen-bond donors (Lipinski definition) is 7. The zero-order valence-electron chi connectivity index (χ0n) is 82.6. The van der Waals surface area contributed by atoms with Gasteiger partial charge in [-0.05, 0) is 249 Å². The third-order valence-corrected chi connectivity index (χ3v) is 27.2. The molecule has 6 saturated heterocycles. The molecule has 44 heteroatoms. The second kappa shape index (κ2) is 57.9. The smallest absolute Gasteiger partial charge is 0.387 e. The molecule has 6 aromatic carbocycles. The van der Waals surface area contributed by atoms with E-state index in [1.807, 2.05) is 131 Å². The van der Waals surface area contributed by atoms with E-state index in [4.69, 9.17) is 58.0 Å². The van der Waals surface area contributed by atoms with E-state index in [2.05, 4.69) is 149 Å². The first-order valence-electron chi connectivity index (χ1n) is 48.7. The lowest BCUT2D eigenvalue weighted by atomic mass is 10.1. The Kier molecular flexibility index (Phi) is 43.8. The molecule has 12 aromatic rings. The minimum atomic E-state index is -2.88. The molecule has 6 aliphatic heterocycles. The molecule has 1 atom stereocenters. The molecular formula is C106H116BrCl5F4IN25O8. The van der Waals surface area contributed by atoms with Crippen LogP contribution in [0, 0.1) is 15.2 Å². The number of aromatic nitrogens is 6. The number of pyridine rings is 6. The van der Waals surface area contributed by atoms with Crippen LogP contribution in [0.15, 0.2) is 266 Å². The van der Waals surface area contributed by atoms with Crippen LogP contribution >= 0.6 is 96.5 Å². The molecule has 13 amide bonds. The van der Waals surface area contributed by atoms with Gasteiger partial charge in [0.05, 0.1) is 25.1 Å². The van der Waals surface area contributed by atoms with E-state index in [0.717, 1.165) is 76.0 Å². The number of carbonyl (C=O) groups is 7. The Balaban J connectivity index is 0.000000150. The number of rotatable bonds is 20. The van der Waals surface area contributed by atoms with E-state index in [9.17, 15) is 51.1 Å². The van der Waals surface area contributed by atoms with Crippen molar-refractivity contribution >= 4 is 196 Å². The molecule has 12 heterocycles. The Morgan fingerprint density at radius 1 is 0.367 bits per heavy atom. The summed E-state index contributed by atoms with van der Waals surface area (Å²) >= 11 is 36.6. The second-order valence-corrected chi connectivity index (χ2v) is 39.3. The fraction of sp³-hybridized carbons (Fsp3) is 0.311. The van der Waals surface area contributed by atoms with Gasteiger partial charge >= 0.3 is 42.8 Å². The van der Waals surface area contributed by atoms with Gasteiger partial charge < -0.3 is 101 Å². The zero-order valence-corrected chi connectivity index (χ0v) is 90.1.